The first-order valence-electron chi connectivity index (χ1n) is 12.6. The molecule has 0 spiro atoms. The van der Waals surface area contributed by atoms with Crippen LogP contribution in [-0.4, -0.2) is 18.7 Å². The Hall–Kier alpha value is -2.39. The van der Waals surface area contributed by atoms with E-state index in [-0.39, 0.29) is 11.2 Å². The van der Waals surface area contributed by atoms with E-state index in [0.29, 0.717) is 13.0 Å². The van der Waals surface area contributed by atoms with Crippen LogP contribution in [-0.2, 0) is 23.1 Å². The van der Waals surface area contributed by atoms with Crippen molar-refractivity contribution in [3.05, 3.63) is 81.4 Å². The Bertz CT molecular complexity index is 1550. The van der Waals surface area contributed by atoms with Crippen molar-refractivity contribution >= 4 is 55.2 Å². The molecular formula is C29H32N2O3S3. The van der Waals surface area contributed by atoms with Gasteiger partial charge in [0.1, 0.15) is 4.70 Å². The maximum atomic E-state index is 11.2. The van der Waals surface area contributed by atoms with Crippen molar-refractivity contribution in [3.63, 3.8) is 0 Å². The number of nitrogens with zero attached hydrogens (tertiary/aromatic N) is 1. The van der Waals surface area contributed by atoms with Crippen LogP contribution in [0.2, 0.25) is 0 Å². The number of anilines is 1. The normalized spacial score (nSPS) is 19.3. The second-order valence-corrected chi connectivity index (χ2v) is 14.2. The average Bonchev–Trinajstić information content (AvgIpc) is 3.37. The van der Waals surface area contributed by atoms with Crippen molar-refractivity contribution in [1.29, 1.82) is 0 Å². The number of nitrogens with one attached hydrogen (secondary N) is 1. The number of fused-ring (bicyclic) bond motifs is 2. The third-order valence-electron chi connectivity index (χ3n) is 6.74. The van der Waals surface area contributed by atoms with Gasteiger partial charge < -0.3 is 9.87 Å². The molecule has 1 aliphatic heterocycles. The lowest BCUT2D eigenvalue weighted by Crippen LogP contribution is -2.36. The molecule has 2 aromatic carbocycles. The number of thiazole rings is 1. The molecule has 1 aliphatic carbocycles. The van der Waals surface area contributed by atoms with Crippen molar-refractivity contribution in [2.45, 2.75) is 57.9 Å². The number of aromatic nitrogens is 1. The minimum atomic E-state index is -4.23. The molecule has 5 nitrogen and oxygen atoms in total. The third kappa shape index (κ3) is 6.20. The number of thioether (sulfide) groups is 1. The lowest BCUT2D eigenvalue weighted by atomic mass is 9.75. The summed E-state index contributed by atoms with van der Waals surface area (Å²) in [5.74, 6) is -0.350. The van der Waals surface area contributed by atoms with Gasteiger partial charge in [-0.1, -0.05) is 74.2 Å². The van der Waals surface area contributed by atoms with Crippen LogP contribution in [0.25, 0.3) is 16.3 Å². The smallest absolute Gasteiger partial charge is 0.263 e. The number of rotatable bonds is 7. The molecule has 0 radical (unpaired) electrons. The van der Waals surface area contributed by atoms with Gasteiger partial charge in [-0.05, 0) is 59.6 Å². The molecule has 0 saturated heterocycles. The molecule has 0 fully saturated rings. The van der Waals surface area contributed by atoms with E-state index in [1.54, 1.807) is 23.1 Å². The van der Waals surface area contributed by atoms with Crippen molar-refractivity contribution in [2.75, 3.05) is 11.1 Å². The molecule has 1 aromatic heterocycles. The van der Waals surface area contributed by atoms with Gasteiger partial charge in [0.2, 0.25) is 5.52 Å². The van der Waals surface area contributed by atoms with Gasteiger partial charge in [-0.2, -0.15) is 4.57 Å². The van der Waals surface area contributed by atoms with Gasteiger partial charge in [-0.25, -0.2) is 8.42 Å². The Morgan fingerprint density at radius 2 is 1.92 bits per heavy atom. The van der Waals surface area contributed by atoms with Gasteiger partial charge in [-0.3, -0.25) is 0 Å². The fourth-order valence-electron chi connectivity index (χ4n) is 5.24. The molecule has 8 heteroatoms. The van der Waals surface area contributed by atoms with Crippen molar-refractivity contribution < 1.29 is 17.5 Å². The number of benzene rings is 2. The SMILES string of the molecule is CCc1cccc2c1N/C(=C/C1=CC(=C/c3sc4ccccc4[n+]3CCCS(=O)(=O)[O-])/CC(C)(C)C1)S2. The molecule has 0 amide bonds. The van der Waals surface area contributed by atoms with E-state index in [9.17, 15) is 13.0 Å². The topological polar surface area (TPSA) is 73.1 Å². The predicted molar refractivity (Wildman–Crippen MR) is 154 cm³/mol. The fourth-order valence-corrected chi connectivity index (χ4v) is 7.92. The summed E-state index contributed by atoms with van der Waals surface area (Å²) in [5.41, 5.74) is 6.32. The molecular weight excluding hydrogens is 521 g/mol. The van der Waals surface area contributed by atoms with E-state index in [1.165, 1.54) is 27.3 Å². The maximum absolute atomic E-state index is 11.2. The number of hydrogen-bond donors (Lipinski definition) is 1. The monoisotopic (exact) mass is 552 g/mol. The zero-order chi connectivity index (χ0) is 26.2. The summed E-state index contributed by atoms with van der Waals surface area (Å²) in [6.45, 7) is 7.30. The summed E-state index contributed by atoms with van der Waals surface area (Å²) in [4.78, 5) is 1.28. The van der Waals surface area contributed by atoms with E-state index in [4.69, 9.17) is 0 Å². The molecule has 1 N–H and O–H groups in total. The highest BCUT2D eigenvalue weighted by Gasteiger charge is 2.28. The van der Waals surface area contributed by atoms with Crippen LogP contribution < -0.4 is 9.88 Å². The third-order valence-corrected chi connectivity index (χ3v) is 9.64. The molecule has 37 heavy (non-hydrogen) atoms. The van der Waals surface area contributed by atoms with Gasteiger partial charge in [-0.15, -0.1) is 0 Å². The second kappa shape index (κ2) is 10.4. The summed E-state index contributed by atoms with van der Waals surface area (Å²) in [7, 11) is -4.23. The number of hydrogen-bond acceptors (Lipinski definition) is 6. The number of para-hydroxylation sites is 2. The summed E-state index contributed by atoms with van der Waals surface area (Å²) in [5, 5.41) is 5.88. The second-order valence-electron chi connectivity index (χ2n) is 10.5. The largest absolute Gasteiger partial charge is 0.748 e. The molecule has 0 unspecified atom stereocenters. The minimum Gasteiger partial charge on any atom is -0.748 e. The van der Waals surface area contributed by atoms with Gasteiger partial charge in [0, 0.05) is 29.2 Å². The first-order valence-corrected chi connectivity index (χ1v) is 15.9. The first kappa shape index (κ1) is 26.2. The summed E-state index contributed by atoms with van der Waals surface area (Å²) < 4.78 is 36.9. The lowest BCUT2D eigenvalue weighted by Gasteiger charge is -2.30. The van der Waals surface area contributed by atoms with Crippen molar-refractivity contribution in [1.82, 2.24) is 0 Å². The lowest BCUT2D eigenvalue weighted by molar-refractivity contribution is -0.668. The number of aryl methyl sites for hydroxylation is 2. The fraction of sp³-hybridized carbons (Fsp3) is 0.345. The summed E-state index contributed by atoms with van der Waals surface area (Å²) in [6.07, 6.45) is 10.1. The molecule has 2 heterocycles. The predicted octanol–water partition coefficient (Wildman–Crippen LogP) is 6.88. The Kier molecular flexibility index (Phi) is 7.38. The Morgan fingerprint density at radius 1 is 1.11 bits per heavy atom. The quantitative estimate of drug-likeness (QED) is 0.256. The van der Waals surface area contributed by atoms with Crippen LogP contribution >= 0.6 is 23.1 Å². The van der Waals surface area contributed by atoms with E-state index >= 15 is 0 Å². The Balaban J connectivity index is 1.47. The highest BCUT2D eigenvalue weighted by atomic mass is 32.2. The molecule has 0 atom stereocenters. The van der Waals surface area contributed by atoms with E-state index in [1.807, 2.05) is 12.1 Å². The molecule has 3 aromatic rings. The van der Waals surface area contributed by atoms with Crippen molar-refractivity contribution in [3.8, 4) is 0 Å². The Labute approximate surface area is 227 Å². The van der Waals surface area contributed by atoms with Crippen molar-refractivity contribution in [2.24, 2.45) is 5.41 Å². The zero-order valence-corrected chi connectivity index (χ0v) is 23.9. The molecule has 0 saturated carbocycles. The molecule has 5 rings (SSSR count). The zero-order valence-electron chi connectivity index (χ0n) is 21.4. The van der Waals surface area contributed by atoms with E-state index in [2.05, 4.69) is 79.2 Å². The molecule has 0 bridgehead atoms. The van der Waals surface area contributed by atoms with Gasteiger partial charge >= 0.3 is 0 Å². The van der Waals surface area contributed by atoms with E-state index < -0.39 is 10.1 Å². The van der Waals surface area contributed by atoms with Crippen LogP contribution in [0.1, 0.15) is 50.6 Å². The average molecular weight is 553 g/mol. The number of allylic oxidation sites excluding steroid dienone is 4. The molecule has 2 aliphatic rings. The van der Waals surface area contributed by atoms with Gasteiger partial charge in [0.05, 0.1) is 20.8 Å². The van der Waals surface area contributed by atoms with Crippen LogP contribution in [0.15, 0.2) is 75.7 Å². The van der Waals surface area contributed by atoms with Crippen LogP contribution in [0.4, 0.5) is 5.69 Å². The maximum Gasteiger partial charge on any atom is 0.263 e. The van der Waals surface area contributed by atoms with Crippen LogP contribution in [0.5, 0.6) is 0 Å². The summed E-state index contributed by atoms with van der Waals surface area (Å²) >= 11 is 3.50. The van der Waals surface area contributed by atoms with Gasteiger partial charge in [0.25, 0.3) is 5.01 Å². The van der Waals surface area contributed by atoms with Crippen LogP contribution in [0.3, 0.4) is 0 Å². The minimum absolute atomic E-state index is 0.121. The van der Waals surface area contributed by atoms with Crippen LogP contribution in [0, 0.1) is 5.41 Å². The standard InChI is InChI=1S/C29H32N2O3S3/c1-4-22-9-7-12-25-28(22)30-26(35-25)16-20-15-21(19-29(2,3)18-20)17-27-31(13-8-14-37(32,33)34)23-10-5-6-11-24(23)36-27/h5-7,9-12,15-17H,4,8,13-14,18-19H2,1-3H3,(H,32,33,34). The Morgan fingerprint density at radius 3 is 2.70 bits per heavy atom. The highest BCUT2D eigenvalue weighted by molar-refractivity contribution is 8.03. The van der Waals surface area contributed by atoms with Gasteiger partial charge in [0.15, 0.2) is 6.54 Å². The highest BCUT2D eigenvalue weighted by Crippen LogP contribution is 2.45. The first-order chi connectivity index (χ1) is 17.6. The van der Waals surface area contributed by atoms with E-state index in [0.717, 1.165) is 39.5 Å². The molecule has 194 valence electrons. The summed E-state index contributed by atoms with van der Waals surface area (Å²) in [6, 6.07) is 14.7.